The van der Waals surface area contributed by atoms with Gasteiger partial charge in [0, 0.05) is 17.5 Å². The van der Waals surface area contributed by atoms with Crippen molar-refractivity contribution >= 4 is 11.5 Å². The van der Waals surface area contributed by atoms with Gasteiger partial charge in [0.2, 0.25) is 0 Å². The Kier molecular flexibility index (Phi) is 3.10. The minimum Gasteiger partial charge on any atom is -0.394 e. The summed E-state index contributed by atoms with van der Waals surface area (Å²) in [4.78, 5) is 0. The molecule has 1 fully saturated rings. The molecule has 4 nitrogen and oxygen atoms in total. The average molecular weight is 213 g/mol. The van der Waals surface area contributed by atoms with Crippen LogP contribution in [0, 0.1) is 0 Å². The van der Waals surface area contributed by atoms with Crippen LogP contribution in [0.2, 0.25) is 0 Å². The summed E-state index contributed by atoms with van der Waals surface area (Å²) in [6.07, 6.45) is 4.56. The summed E-state index contributed by atoms with van der Waals surface area (Å²) < 4.78 is 3.81. The van der Waals surface area contributed by atoms with Crippen LogP contribution in [0.15, 0.2) is 5.38 Å². The first-order chi connectivity index (χ1) is 6.85. The lowest BCUT2D eigenvalue weighted by Crippen LogP contribution is -2.45. The number of nitrogens with zero attached hydrogens (tertiary/aromatic N) is 2. The Labute approximate surface area is 87.5 Å². The zero-order chi connectivity index (χ0) is 9.86. The van der Waals surface area contributed by atoms with E-state index in [1.165, 1.54) is 24.4 Å². The number of aliphatic hydroxyl groups excluding tert-OH is 1. The molecule has 1 aliphatic carbocycles. The molecule has 0 atom stereocenters. The second-order valence-corrected chi connectivity index (χ2v) is 4.51. The van der Waals surface area contributed by atoms with Crippen LogP contribution >= 0.6 is 11.5 Å². The molecule has 0 unspecified atom stereocenters. The van der Waals surface area contributed by atoms with Crippen molar-refractivity contribution < 1.29 is 5.11 Å². The minimum absolute atomic E-state index is 0.0520. The molecule has 14 heavy (non-hydrogen) atoms. The van der Waals surface area contributed by atoms with E-state index in [1.54, 1.807) is 0 Å². The van der Waals surface area contributed by atoms with Gasteiger partial charge in [0.1, 0.15) is 0 Å². The highest BCUT2D eigenvalue weighted by Crippen LogP contribution is 2.29. The van der Waals surface area contributed by atoms with Crippen molar-refractivity contribution in [2.45, 2.75) is 37.8 Å². The van der Waals surface area contributed by atoms with Crippen LogP contribution in [0.5, 0.6) is 0 Å². The van der Waals surface area contributed by atoms with Gasteiger partial charge in [0.15, 0.2) is 0 Å². The summed E-state index contributed by atoms with van der Waals surface area (Å²) in [7, 11) is 0. The third-order valence-electron chi connectivity index (χ3n) is 2.91. The summed E-state index contributed by atoms with van der Waals surface area (Å²) in [5, 5.41) is 18.7. The molecular formula is C9H15N3OS. The van der Waals surface area contributed by atoms with Gasteiger partial charge in [-0.2, -0.15) is 0 Å². The molecule has 1 aliphatic rings. The molecule has 1 saturated carbocycles. The van der Waals surface area contributed by atoms with Gasteiger partial charge in [-0.25, -0.2) is 0 Å². The van der Waals surface area contributed by atoms with Crippen molar-refractivity contribution in [3.8, 4) is 0 Å². The average Bonchev–Trinajstić information content (AvgIpc) is 2.87. The summed E-state index contributed by atoms with van der Waals surface area (Å²) in [5.41, 5.74) is 0.915. The Hall–Kier alpha value is -0.520. The maximum Gasteiger partial charge on any atom is 0.0893 e. The Morgan fingerprint density at radius 2 is 2.29 bits per heavy atom. The molecule has 1 aromatic rings. The molecular weight excluding hydrogens is 198 g/mol. The largest absolute Gasteiger partial charge is 0.394 e. The van der Waals surface area contributed by atoms with E-state index >= 15 is 0 Å². The molecule has 5 heteroatoms. The zero-order valence-corrected chi connectivity index (χ0v) is 8.89. The first-order valence-corrected chi connectivity index (χ1v) is 5.80. The fourth-order valence-corrected chi connectivity index (χ4v) is 2.43. The van der Waals surface area contributed by atoms with Gasteiger partial charge in [-0.15, -0.1) is 5.10 Å². The van der Waals surface area contributed by atoms with Gasteiger partial charge < -0.3 is 10.4 Å². The number of aromatic nitrogens is 2. The fourth-order valence-electron chi connectivity index (χ4n) is 1.98. The van der Waals surface area contributed by atoms with E-state index in [4.69, 9.17) is 0 Å². The molecule has 0 bridgehead atoms. The molecule has 0 radical (unpaired) electrons. The topological polar surface area (TPSA) is 58.0 Å². The number of hydrogen-bond donors (Lipinski definition) is 2. The van der Waals surface area contributed by atoms with Crippen molar-refractivity contribution in [1.82, 2.24) is 14.9 Å². The predicted molar refractivity (Wildman–Crippen MR) is 55.0 cm³/mol. The van der Waals surface area contributed by atoms with E-state index < -0.39 is 0 Å². The highest BCUT2D eigenvalue weighted by molar-refractivity contribution is 7.03. The van der Waals surface area contributed by atoms with Gasteiger partial charge in [0.25, 0.3) is 0 Å². The first kappa shape index (κ1) is 10.0. The monoisotopic (exact) mass is 213 g/mol. The van der Waals surface area contributed by atoms with Crippen molar-refractivity contribution in [3.63, 3.8) is 0 Å². The Morgan fingerprint density at radius 1 is 1.50 bits per heavy atom. The number of hydrogen-bond acceptors (Lipinski definition) is 5. The lowest BCUT2D eigenvalue weighted by atomic mass is 9.99. The maximum atomic E-state index is 9.35. The minimum atomic E-state index is -0.0520. The summed E-state index contributed by atoms with van der Waals surface area (Å²) in [6.45, 7) is 0.946. The molecule has 0 amide bonds. The second kappa shape index (κ2) is 4.33. The summed E-state index contributed by atoms with van der Waals surface area (Å²) in [6, 6.07) is 0. The van der Waals surface area contributed by atoms with E-state index in [0.29, 0.717) is 0 Å². The van der Waals surface area contributed by atoms with Crippen LogP contribution in [0.1, 0.15) is 31.4 Å². The van der Waals surface area contributed by atoms with E-state index in [1.807, 2.05) is 5.38 Å². The van der Waals surface area contributed by atoms with Gasteiger partial charge >= 0.3 is 0 Å². The van der Waals surface area contributed by atoms with Crippen molar-refractivity contribution in [2.75, 3.05) is 6.61 Å². The zero-order valence-electron chi connectivity index (χ0n) is 8.07. The third-order valence-corrected chi connectivity index (χ3v) is 3.47. The molecule has 0 aliphatic heterocycles. The molecule has 1 heterocycles. The molecule has 0 spiro atoms. The number of nitrogens with one attached hydrogen (secondary N) is 1. The Morgan fingerprint density at radius 3 is 2.86 bits per heavy atom. The van der Waals surface area contributed by atoms with Crippen molar-refractivity contribution in [3.05, 3.63) is 11.1 Å². The normalized spacial score (nSPS) is 20.1. The second-order valence-electron chi connectivity index (χ2n) is 3.90. The van der Waals surface area contributed by atoms with Crippen LogP contribution in [0.4, 0.5) is 0 Å². The standard InChI is InChI=1S/C9H15N3OS/c13-7-9(3-1-2-4-9)10-5-8-6-14-12-11-8/h6,10,13H,1-5,7H2. The van der Waals surface area contributed by atoms with Gasteiger partial charge in [-0.3, -0.25) is 0 Å². The quantitative estimate of drug-likeness (QED) is 0.781. The van der Waals surface area contributed by atoms with Crippen molar-refractivity contribution in [2.24, 2.45) is 0 Å². The highest BCUT2D eigenvalue weighted by Gasteiger charge is 2.32. The van der Waals surface area contributed by atoms with Crippen LogP contribution in [-0.2, 0) is 6.54 Å². The van der Waals surface area contributed by atoms with Crippen molar-refractivity contribution in [1.29, 1.82) is 0 Å². The first-order valence-electron chi connectivity index (χ1n) is 4.96. The SMILES string of the molecule is OCC1(NCc2csnn2)CCCC1. The molecule has 2 N–H and O–H groups in total. The molecule has 0 aromatic carbocycles. The number of rotatable bonds is 4. The number of aliphatic hydroxyl groups is 1. The predicted octanol–water partition coefficient (Wildman–Crippen LogP) is 0.933. The van der Waals surface area contributed by atoms with Crippen LogP contribution in [0.25, 0.3) is 0 Å². The molecule has 0 saturated heterocycles. The third kappa shape index (κ3) is 2.10. The van der Waals surface area contributed by atoms with E-state index in [0.717, 1.165) is 25.1 Å². The van der Waals surface area contributed by atoms with Crippen LogP contribution < -0.4 is 5.32 Å². The molecule has 2 rings (SSSR count). The fraction of sp³-hybridized carbons (Fsp3) is 0.778. The van der Waals surface area contributed by atoms with Crippen LogP contribution in [-0.4, -0.2) is 26.8 Å². The smallest absolute Gasteiger partial charge is 0.0893 e. The van der Waals surface area contributed by atoms with E-state index in [-0.39, 0.29) is 12.1 Å². The molecule has 78 valence electrons. The van der Waals surface area contributed by atoms with E-state index in [9.17, 15) is 5.11 Å². The lowest BCUT2D eigenvalue weighted by Gasteiger charge is -2.27. The van der Waals surface area contributed by atoms with Gasteiger partial charge in [-0.1, -0.05) is 17.3 Å². The Bertz CT molecular complexity index is 270. The van der Waals surface area contributed by atoms with Gasteiger partial charge in [0.05, 0.1) is 12.3 Å². The highest BCUT2D eigenvalue weighted by atomic mass is 32.1. The summed E-state index contributed by atoms with van der Waals surface area (Å²) >= 11 is 1.36. The lowest BCUT2D eigenvalue weighted by molar-refractivity contribution is 0.162. The summed E-state index contributed by atoms with van der Waals surface area (Å²) in [5.74, 6) is 0. The molecule has 1 aromatic heterocycles. The maximum absolute atomic E-state index is 9.35. The van der Waals surface area contributed by atoms with Gasteiger partial charge in [-0.05, 0) is 24.4 Å². The Balaban J connectivity index is 1.89. The van der Waals surface area contributed by atoms with E-state index in [2.05, 4.69) is 14.9 Å². The van der Waals surface area contributed by atoms with Crippen LogP contribution in [0.3, 0.4) is 0 Å².